The topological polar surface area (TPSA) is 52.9 Å². The number of carbonyl (C=O) groups is 1. The summed E-state index contributed by atoms with van der Waals surface area (Å²) in [6.45, 7) is 0. The van der Waals surface area contributed by atoms with Crippen molar-refractivity contribution in [3.63, 3.8) is 0 Å². The van der Waals surface area contributed by atoms with E-state index in [1.54, 1.807) is 0 Å². The van der Waals surface area contributed by atoms with Gasteiger partial charge in [-0.1, -0.05) is 32.1 Å². The van der Waals surface area contributed by atoms with Crippen molar-refractivity contribution in [2.45, 2.75) is 63.8 Å². The van der Waals surface area contributed by atoms with Crippen molar-refractivity contribution >= 4 is 5.91 Å². The summed E-state index contributed by atoms with van der Waals surface area (Å²) < 4.78 is 0. The summed E-state index contributed by atoms with van der Waals surface area (Å²) in [5.74, 6) is 0.00148. The molecule has 2 rings (SSSR count). The Morgan fingerprint density at radius 1 is 1.12 bits per heavy atom. The Labute approximate surface area is 97.2 Å². The molecule has 2 aliphatic rings. The maximum Gasteiger partial charge on any atom is 0.240 e. The number of nitrogens with one attached hydrogen (secondary N) is 1. The molecule has 2 aliphatic carbocycles. The molecule has 1 amide bonds. The van der Waals surface area contributed by atoms with Gasteiger partial charge in [0.15, 0.2) is 0 Å². The van der Waals surface area contributed by atoms with Gasteiger partial charge in [-0.25, -0.2) is 0 Å². The molecule has 0 spiro atoms. The zero-order valence-electron chi connectivity index (χ0n) is 9.80. The van der Waals surface area contributed by atoms with Crippen molar-refractivity contribution in [3.8, 4) is 6.07 Å². The summed E-state index contributed by atoms with van der Waals surface area (Å²) in [5.41, 5.74) is -0.707. The second-order valence-electron chi connectivity index (χ2n) is 5.21. The molecule has 0 unspecified atom stereocenters. The van der Waals surface area contributed by atoms with E-state index in [4.69, 9.17) is 0 Å². The predicted octanol–water partition coefficient (Wildman–Crippen LogP) is 2.52. The molecule has 0 aliphatic heterocycles. The smallest absolute Gasteiger partial charge is 0.240 e. The van der Waals surface area contributed by atoms with Gasteiger partial charge in [0.05, 0.1) is 6.07 Å². The van der Waals surface area contributed by atoms with Crippen molar-refractivity contribution in [1.29, 1.82) is 5.26 Å². The molecule has 2 saturated carbocycles. The molecule has 0 atom stereocenters. The molecule has 0 radical (unpaired) electrons. The Kier molecular flexibility index (Phi) is 3.48. The molecule has 0 saturated heterocycles. The van der Waals surface area contributed by atoms with Crippen molar-refractivity contribution in [3.05, 3.63) is 0 Å². The van der Waals surface area contributed by atoms with E-state index >= 15 is 0 Å². The van der Waals surface area contributed by atoms with Gasteiger partial charge in [-0.3, -0.25) is 4.79 Å². The highest BCUT2D eigenvalue weighted by molar-refractivity contribution is 5.85. The third-order valence-electron chi connectivity index (χ3n) is 4.05. The van der Waals surface area contributed by atoms with E-state index in [2.05, 4.69) is 11.4 Å². The standard InChI is InChI=1S/C13H20N2O/c14-10-13(8-4-1-5-9-13)12(16)15-11-6-2-3-7-11/h11H,1-9H2,(H,15,16). The van der Waals surface area contributed by atoms with Gasteiger partial charge in [0.25, 0.3) is 0 Å². The van der Waals surface area contributed by atoms with Gasteiger partial charge in [-0.05, 0) is 25.7 Å². The molecule has 3 heteroatoms. The highest BCUT2D eigenvalue weighted by Gasteiger charge is 2.40. The van der Waals surface area contributed by atoms with Crippen LogP contribution in [-0.2, 0) is 4.79 Å². The van der Waals surface area contributed by atoms with Crippen molar-refractivity contribution < 1.29 is 4.79 Å². The maximum absolute atomic E-state index is 12.2. The van der Waals surface area contributed by atoms with Gasteiger partial charge in [0.1, 0.15) is 5.41 Å². The van der Waals surface area contributed by atoms with E-state index in [1.807, 2.05) is 0 Å². The van der Waals surface area contributed by atoms with Crippen LogP contribution in [0.2, 0.25) is 0 Å². The Hall–Kier alpha value is -1.04. The highest BCUT2D eigenvalue weighted by Crippen LogP contribution is 2.36. The quantitative estimate of drug-likeness (QED) is 0.777. The minimum absolute atomic E-state index is 0.00148. The monoisotopic (exact) mass is 220 g/mol. The first-order valence-electron chi connectivity index (χ1n) is 6.49. The van der Waals surface area contributed by atoms with Crippen molar-refractivity contribution in [2.75, 3.05) is 0 Å². The first-order chi connectivity index (χ1) is 7.77. The molecule has 16 heavy (non-hydrogen) atoms. The van der Waals surface area contributed by atoms with E-state index in [0.29, 0.717) is 6.04 Å². The zero-order valence-corrected chi connectivity index (χ0v) is 9.80. The van der Waals surface area contributed by atoms with Crippen LogP contribution in [0.1, 0.15) is 57.8 Å². The number of rotatable bonds is 2. The number of nitriles is 1. The molecule has 2 fully saturated rings. The molecular weight excluding hydrogens is 200 g/mol. The molecule has 0 aromatic heterocycles. The fourth-order valence-corrected chi connectivity index (χ4v) is 2.94. The van der Waals surface area contributed by atoms with E-state index in [1.165, 1.54) is 19.3 Å². The van der Waals surface area contributed by atoms with Gasteiger partial charge >= 0.3 is 0 Å². The van der Waals surface area contributed by atoms with Gasteiger partial charge < -0.3 is 5.32 Å². The Morgan fingerprint density at radius 2 is 1.75 bits per heavy atom. The Morgan fingerprint density at radius 3 is 2.31 bits per heavy atom. The van der Waals surface area contributed by atoms with Crippen LogP contribution in [-0.4, -0.2) is 11.9 Å². The average Bonchev–Trinajstić information content (AvgIpc) is 2.82. The average molecular weight is 220 g/mol. The zero-order chi connectivity index (χ0) is 11.4. The number of amides is 1. The molecule has 3 nitrogen and oxygen atoms in total. The summed E-state index contributed by atoms with van der Waals surface area (Å²) in [5, 5.41) is 12.4. The van der Waals surface area contributed by atoms with Crippen LogP contribution in [0.15, 0.2) is 0 Å². The van der Waals surface area contributed by atoms with Gasteiger partial charge in [-0.2, -0.15) is 5.26 Å². The molecule has 0 heterocycles. The summed E-state index contributed by atoms with van der Waals surface area (Å²) in [6.07, 6.45) is 9.32. The SMILES string of the molecule is N#CC1(C(=O)NC2CCCC2)CCCCC1. The van der Waals surface area contributed by atoms with Crippen LogP contribution in [0, 0.1) is 16.7 Å². The summed E-state index contributed by atoms with van der Waals surface area (Å²) in [6, 6.07) is 2.61. The van der Waals surface area contributed by atoms with Gasteiger partial charge in [0, 0.05) is 6.04 Å². The van der Waals surface area contributed by atoms with Gasteiger partial charge in [-0.15, -0.1) is 0 Å². The van der Waals surface area contributed by atoms with Crippen LogP contribution in [0.3, 0.4) is 0 Å². The van der Waals surface area contributed by atoms with Crippen LogP contribution < -0.4 is 5.32 Å². The molecule has 0 aromatic carbocycles. The minimum Gasteiger partial charge on any atom is -0.352 e. The third-order valence-corrected chi connectivity index (χ3v) is 4.05. The molecular formula is C13H20N2O. The molecule has 1 N–H and O–H groups in total. The number of hydrogen-bond acceptors (Lipinski definition) is 2. The van der Waals surface area contributed by atoms with E-state index in [-0.39, 0.29) is 5.91 Å². The largest absolute Gasteiger partial charge is 0.352 e. The maximum atomic E-state index is 12.2. The molecule has 88 valence electrons. The van der Waals surface area contributed by atoms with Gasteiger partial charge in [0.2, 0.25) is 5.91 Å². The van der Waals surface area contributed by atoms with Crippen molar-refractivity contribution in [2.24, 2.45) is 5.41 Å². The van der Waals surface area contributed by atoms with E-state index in [9.17, 15) is 10.1 Å². The van der Waals surface area contributed by atoms with E-state index < -0.39 is 5.41 Å². The predicted molar refractivity (Wildman–Crippen MR) is 61.5 cm³/mol. The number of nitrogens with zero attached hydrogens (tertiary/aromatic N) is 1. The van der Waals surface area contributed by atoms with Crippen LogP contribution in [0.5, 0.6) is 0 Å². The first-order valence-corrected chi connectivity index (χ1v) is 6.49. The van der Waals surface area contributed by atoms with Crippen LogP contribution >= 0.6 is 0 Å². The number of carbonyl (C=O) groups excluding carboxylic acids is 1. The third kappa shape index (κ3) is 2.21. The lowest BCUT2D eigenvalue weighted by Crippen LogP contribution is -2.45. The fraction of sp³-hybridized carbons (Fsp3) is 0.846. The lowest BCUT2D eigenvalue weighted by atomic mass is 9.74. The Balaban J connectivity index is 1.97. The molecule has 0 aromatic rings. The van der Waals surface area contributed by atoms with Crippen LogP contribution in [0.4, 0.5) is 0 Å². The molecule has 0 bridgehead atoms. The van der Waals surface area contributed by atoms with Crippen LogP contribution in [0.25, 0.3) is 0 Å². The second kappa shape index (κ2) is 4.86. The normalized spacial score (nSPS) is 24.9. The summed E-state index contributed by atoms with van der Waals surface area (Å²) in [7, 11) is 0. The van der Waals surface area contributed by atoms with Crippen molar-refractivity contribution in [1.82, 2.24) is 5.32 Å². The minimum atomic E-state index is -0.707. The lowest BCUT2D eigenvalue weighted by molar-refractivity contribution is -0.130. The second-order valence-corrected chi connectivity index (χ2v) is 5.21. The summed E-state index contributed by atoms with van der Waals surface area (Å²) in [4.78, 5) is 12.2. The fourth-order valence-electron chi connectivity index (χ4n) is 2.94. The van der Waals surface area contributed by atoms with E-state index in [0.717, 1.165) is 38.5 Å². The first kappa shape index (κ1) is 11.4. The summed E-state index contributed by atoms with van der Waals surface area (Å²) >= 11 is 0. The highest BCUT2D eigenvalue weighted by atomic mass is 16.2. The number of hydrogen-bond donors (Lipinski definition) is 1. The lowest BCUT2D eigenvalue weighted by Gasteiger charge is -2.30. The Bertz CT molecular complexity index is 294.